The zero-order valence-corrected chi connectivity index (χ0v) is 45.9. The van der Waals surface area contributed by atoms with Crippen LogP contribution in [-0.4, -0.2) is 155 Å². The zero-order chi connectivity index (χ0) is 58.6. The molecule has 8 amide bonds. The van der Waals surface area contributed by atoms with Gasteiger partial charge in [-0.15, -0.1) is 0 Å². The van der Waals surface area contributed by atoms with Gasteiger partial charge in [-0.25, -0.2) is 58.5 Å². The number of anilines is 5. The lowest BCUT2D eigenvalue weighted by Crippen LogP contribution is -2.48. The first-order chi connectivity index (χ1) is 40.2. The third kappa shape index (κ3) is 13.5. The summed E-state index contributed by atoms with van der Waals surface area (Å²) in [6.45, 7) is 12.0. The van der Waals surface area contributed by atoms with E-state index in [0.29, 0.717) is 108 Å². The van der Waals surface area contributed by atoms with Crippen molar-refractivity contribution < 1.29 is 37.9 Å². The molecule has 8 heterocycles. The molecule has 83 heavy (non-hydrogen) atoms. The van der Waals surface area contributed by atoms with E-state index in [4.69, 9.17) is 4.74 Å². The van der Waals surface area contributed by atoms with Crippen molar-refractivity contribution in [3.05, 3.63) is 103 Å². The number of nitrogens with zero attached hydrogens (tertiary/aromatic N) is 11. The van der Waals surface area contributed by atoms with Crippen LogP contribution in [0.15, 0.2) is 91.6 Å². The molecule has 0 saturated carbocycles. The Morgan fingerprint density at radius 2 is 1.06 bits per heavy atom. The summed E-state index contributed by atoms with van der Waals surface area (Å²) in [4.78, 5) is 121. The summed E-state index contributed by atoms with van der Waals surface area (Å²) < 4.78 is 19.0. The van der Waals surface area contributed by atoms with Crippen molar-refractivity contribution >= 4 is 98.2 Å². The quantitative estimate of drug-likeness (QED) is 0.0567. The Kier molecular flexibility index (Phi) is 17.9. The van der Waals surface area contributed by atoms with E-state index in [9.17, 15) is 33.2 Å². The Hall–Kier alpha value is -10.7. The Labute approximate surface area is 473 Å². The van der Waals surface area contributed by atoms with Gasteiger partial charge in [0.05, 0.1) is 29.2 Å². The second-order valence-electron chi connectivity index (χ2n) is 18.5. The van der Waals surface area contributed by atoms with Crippen molar-refractivity contribution in [3.8, 4) is 34.0 Å². The summed E-state index contributed by atoms with van der Waals surface area (Å²) in [7, 11) is 1.25. The van der Waals surface area contributed by atoms with Crippen LogP contribution in [0, 0.1) is 5.82 Å². The summed E-state index contributed by atoms with van der Waals surface area (Å²) in [5, 5.41) is 15.8. The van der Waals surface area contributed by atoms with Crippen molar-refractivity contribution in [2.45, 2.75) is 40.5 Å². The number of nitrogens with one attached hydrogen (secondary N) is 9. The van der Waals surface area contributed by atoms with E-state index in [1.807, 2.05) is 43.0 Å². The van der Waals surface area contributed by atoms with Crippen molar-refractivity contribution in [1.82, 2.24) is 75.7 Å². The number of hydrogen-bond acceptors (Lipinski definition) is 16. The highest BCUT2D eigenvalue weighted by Gasteiger charge is 2.26. The van der Waals surface area contributed by atoms with Gasteiger partial charge in [-0.3, -0.25) is 30.5 Å². The van der Waals surface area contributed by atoms with Crippen molar-refractivity contribution in [3.63, 3.8) is 0 Å². The molecule has 28 heteroatoms. The number of ether oxygens (including phenoxy) is 1. The standard InChI is InChI=1S/C20H24N8O2.C18H19N7O2.C17H16FN5O3/c1-3-21-20(30)26-19-24-16-12-14(28-9-7-27(8-10-28)13(2)29)11-15(17(16)25-19)18-22-5-4-6-23-18;1-2-19-18(27)24-17-22-13-10-11(25-8-3-5-14(25)26)9-12(15(13)23-17)16-20-6-4-7-21-16;1-3-19-17(25)23-16-21-12-8-9(15(24)26-2)7-10(14(12)22-16)13-11(18)5-4-6-20-13/h4-6,11-12H,3,7-10H2,1-2H3,(H3,21,24,25,26,30);4,6-7,9-10H,2-3,5,8H2,1H3,(H3,19,22,23,24,27);4-8H,3H2,1-2H3,(H3,19,21,22,23,25). The van der Waals surface area contributed by atoms with Gasteiger partial charge in [0.15, 0.2) is 11.6 Å². The van der Waals surface area contributed by atoms with Crippen LogP contribution in [0.25, 0.3) is 67.1 Å². The number of piperazine rings is 1. The molecular formula is C55H59FN20O7. The lowest BCUT2D eigenvalue weighted by molar-refractivity contribution is -0.129. The SMILES string of the molecule is CCNC(=O)Nc1nc2c(-c3ncccc3F)cc(C(=O)OC)cc2[nH]1.CCNC(=O)Nc1nc2c(-c3ncccn3)cc(N3CCCC3=O)cc2[nH]1.CCNC(=O)Nc1nc2c(-c3ncccn3)cc(N3CCN(C(C)=O)CC3)cc2[nH]1. The molecule has 2 fully saturated rings. The summed E-state index contributed by atoms with van der Waals surface area (Å²) in [6.07, 6.45) is 9.50. The highest BCUT2D eigenvalue weighted by molar-refractivity contribution is 6.03. The van der Waals surface area contributed by atoms with E-state index in [1.54, 1.807) is 55.7 Å². The number of esters is 1. The van der Waals surface area contributed by atoms with E-state index >= 15 is 0 Å². The van der Waals surface area contributed by atoms with Gasteiger partial charge in [-0.2, -0.15) is 0 Å². The first-order valence-corrected chi connectivity index (χ1v) is 26.5. The fourth-order valence-electron chi connectivity index (χ4n) is 9.19. The maximum Gasteiger partial charge on any atom is 0.337 e. The minimum absolute atomic E-state index is 0.0410. The van der Waals surface area contributed by atoms with Gasteiger partial charge >= 0.3 is 24.1 Å². The van der Waals surface area contributed by atoms with Crippen molar-refractivity contribution in [1.29, 1.82) is 0 Å². The number of hydrogen-bond donors (Lipinski definition) is 9. The second-order valence-corrected chi connectivity index (χ2v) is 18.5. The van der Waals surface area contributed by atoms with Crippen LogP contribution < -0.4 is 41.7 Å². The molecule has 27 nitrogen and oxygen atoms in total. The number of aromatic amines is 3. The summed E-state index contributed by atoms with van der Waals surface area (Å²) in [5.41, 5.74) is 7.35. The number of aromatic nitrogens is 11. The number of benzene rings is 3. The normalized spacial score (nSPS) is 12.9. The van der Waals surface area contributed by atoms with Gasteiger partial charge in [-0.05, 0) is 87.9 Å². The average Bonchev–Trinajstić information content (AvgIpc) is 4.48. The topological polar surface area (TPSA) is 344 Å². The van der Waals surface area contributed by atoms with E-state index < -0.39 is 17.8 Å². The van der Waals surface area contributed by atoms with Crippen LogP contribution in [0.1, 0.15) is 50.9 Å². The number of pyridine rings is 1. The monoisotopic (exact) mass is 1130 g/mol. The molecule has 3 aromatic carbocycles. The average molecular weight is 1130 g/mol. The third-order valence-electron chi connectivity index (χ3n) is 13.0. The predicted octanol–water partition coefficient (Wildman–Crippen LogP) is 6.81. The lowest BCUT2D eigenvalue weighted by Gasteiger charge is -2.35. The van der Waals surface area contributed by atoms with Crippen LogP contribution in [0.3, 0.4) is 0 Å². The Morgan fingerprint density at radius 1 is 0.590 bits per heavy atom. The van der Waals surface area contributed by atoms with E-state index in [1.165, 1.54) is 37.6 Å². The molecule has 0 bridgehead atoms. The van der Waals surface area contributed by atoms with Crippen LogP contribution in [0.5, 0.6) is 0 Å². The fourth-order valence-corrected chi connectivity index (χ4v) is 9.19. The molecule has 2 aliphatic heterocycles. The van der Waals surface area contributed by atoms with Gasteiger partial charge in [0.2, 0.25) is 29.7 Å². The van der Waals surface area contributed by atoms with Crippen molar-refractivity contribution in [2.75, 3.05) is 85.2 Å². The number of halogens is 1. The number of carbonyl (C=O) groups excluding carboxylic acids is 6. The number of carbonyl (C=O) groups is 6. The molecule has 2 aliphatic rings. The molecule has 0 radical (unpaired) electrons. The smallest absolute Gasteiger partial charge is 0.337 e. The summed E-state index contributed by atoms with van der Waals surface area (Å²) in [6, 6.07) is 15.8. The maximum absolute atomic E-state index is 14.2. The van der Waals surface area contributed by atoms with Crippen LogP contribution in [0.4, 0.5) is 48.0 Å². The maximum atomic E-state index is 14.2. The highest BCUT2D eigenvalue weighted by atomic mass is 19.1. The number of H-pyrrole nitrogens is 3. The van der Waals surface area contributed by atoms with Crippen molar-refractivity contribution in [2.24, 2.45) is 0 Å². The lowest BCUT2D eigenvalue weighted by atomic mass is 10.0. The van der Waals surface area contributed by atoms with Crippen LogP contribution in [0.2, 0.25) is 0 Å². The first-order valence-electron chi connectivity index (χ1n) is 26.5. The zero-order valence-electron chi connectivity index (χ0n) is 45.9. The molecule has 0 aliphatic carbocycles. The molecule has 11 rings (SSSR count). The molecule has 2 saturated heterocycles. The Bertz CT molecular complexity index is 3830. The number of methoxy groups -OCH3 is 1. The number of imidazole rings is 3. The molecule has 0 unspecified atom stereocenters. The van der Waals surface area contributed by atoms with Crippen LogP contribution in [-0.2, 0) is 14.3 Å². The molecule has 0 spiro atoms. The van der Waals surface area contributed by atoms with Gasteiger partial charge < -0.3 is 50.3 Å². The molecule has 0 atom stereocenters. The van der Waals surface area contributed by atoms with Crippen LogP contribution >= 0.6 is 0 Å². The minimum atomic E-state index is -0.586. The van der Waals surface area contributed by atoms with Gasteiger partial charge in [0.1, 0.15) is 28.1 Å². The fraction of sp³-hybridized carbons (Fsp3) is 0.273. The molecule has 9 N–H and O–H groups in total. The highest BCUT2D eigenvalue weighted by Crippen LogP contribution is 2.35. The molecular weight excluding hydrogens is 1070 g/mol. The van der Waals surface area contributed by atoms with E-state index in [0.717, 1.165) is 42.0 Å². The Balaban J connectivity index is 0.000000150. The van der Waals surface area contributed by atoms with E-state index in [2.05, 4.69) is 91.6 Å². The number of rotatable bonds is 12. The second kappa shape index (κ2) is 26.1. The molecule has 9 aromatic rings. The van der Waals surface area contributed by atoms with E-state index in [-0.39, 0.29) is 41.1 Å². The van der Waals surface area contributed by atoms with Gasteiger partial charge in [-0.1, -0.05) is 0 Å². The molecule has 428 valence electrons. The largest absolute Gasteiger partial charge is 0.465 e. The number of amides is 8. The number of urea groups is 3. The Morgan fingerprint density at radius 3 is 1.52 bits per heavy atom. The molecule has 6 aromatic heterocycles. The van der Waals surface area contributed by atoms with Gasteiger partial charge in [0.25, 0.3) is 0 Å². The predicted molar refractivity (Wildman–Crippen MR) is 309 cm³/mol. The minimum Gasteiger partial charge on any atom is -0.465 e. The number of fused-ring (bicyclic) bond motifs is 3. The van der Waals surface area contributed by atoms with Gasteiger partial charge in [0, 0.05) is 125 Å². The summed E-state index contributed by atoms with van der Waals surface area (Å²) >= 11 is 0. The summed E-state index contributed by atoms with van der Waals surface area (Å²) in [5.74, 6) is 0.937. The first kappa shape index (κ1) is 57.0. The third-order valence-corrected chi connectivity index (χ3v) is 13.0.